The van der Waals surface area contributed by atoms with Crippen molar-refractivity contribution in [3.63, 3.8) is 0 Å². The van der Waals surface area contributed by atoms with Gasteiger partial charge < -0.3 is 19.1 Å². The standard InChI is InChI=1S/C21H22N2O4/c1-23(2)21(24)15-12-17(22-16-9-7-6-8-14(15)16)13-10-18(25-3)20(27-5)19(11-13)26-4/h6-12H,1-5H3. The first kappa shape index (κ1) is 18.5. The fourth-order valence-electron chi connectivity index (χ4n) is 2.97. The molecule has 0 aliphatic heterocycles. The first-order valence-electron chi connectivity index (χ1n) is 8.42. The molecule has 0 bridgehead atoms. The molecule has 0 unspecified atom stereocenters. The number of carbonyl (C=O) groups is 1. The van der Waals surface area contributed by atoms with Crippen molar-refractivity contribution in [1.29, 1.82) is 0 Å². The van der Waals surface area contributed by atoms with Crippen LogP contribution in [0.4, 0.5) is 0 Å². The molecule has 0 radical (unpaired) electrons. The number of amides is 1. The van der Waals surface area contributed by atoms with Gasteiger partial charge in [0, 0.05) is 25.0 Å². The van der Waals surface area contributed by atoms with Crippen LogP contribution >= 0.6 is 0 Å². The van der Waals surface area contributed by atoms with Crippen molar-refractivity contribution in [2.75, 3.05) is 35.4 Å². The first-order chi connectivity index (χ1) is 13.0. The second kappa shape index (κ2) is 7.53. The van der Waals surface area contributed by atoms with Crippen LogP contribution in [0.15, 0.2) is 42.5 Å². The van der Waals surface area contributed by atoms with Crippen LogP contribution in [-0.4, -0.2) is 51.2 Å². The number of rotatable bonds is 5. The molecule has 0 atom stereocenters. The van der Waals surface area contributed by atoms with Gasteiger partial charge in [-0.15, -0.1) is 0 Å². The SMILES string of the molecule is COc1cc(-c2cc(C(=O)N(C)C)c3ccccc3n2)cc(OC)c1OC. The maximum absolute atomic E-state index is 12.7. The highest BCUT2D eigenvalue weighted by molar-refractivity contribution is 6.07. The molecule has 27 heavy (non-hydrogen) atoms. The molecule has 0 fully saturated rings. The Labute approximate surface area is 158 Å². The second-order valence-corrected chi connectivity index (χ2v) is 6.19. The molecule has 1 aromatic heterocycles. The van der Waals surface area contributed by atoms with Gasteiger partial charge in [0.1, 0.15) is 0 Å². The molecule has 1 amide bonds. The van der Waals surface area contributed by atoms with E-state index < -0.39 is 0 Å². The number of ether oxygens (including phenoxy) is 3. The predicted molar refractivity (Wildman–Crippen MR) is 105 cm³/mol. The Balaban J connectivity index is 2.27. The summed E-state index contributed by atoms with van der Waals surface area (Å²) in [5.41, 5.74) is 2.75. The third-order valence-corrected chi connectivity index (χ3v) is 4.31. The second-order valence-electron chi connectivity index (χ2n) is 6.19. The molecule has 2 aromatic carbocycles. The van der Waals surface area contributed by atoms with Gasteiger partial charge in [-0.05, 0) is 24.3 Å². The zero-order chi connectivity index (χ0) is 19.6. The minimum atomic E-state index is -0.0812. The van der Waals surface area contributed by atoms with E-state index >= 15 is 0 Å². The van der Waals surface area contributed by atoms with Crippen LogP contribution < -0.4 is 14.2 Å². The van der Waals surface area contributed by atoms with Crippen LogP contribution in [0.2, 0.25) is 0 Å². The van der Waals surface area contributed by atoms with Crippen molar-refractivity contribution in [1.82, 2.24) is 9.88 Å². The van der Waals surface area contributed by atoms with Gasteiger partial charge in [-0.25, -0.2) is 4.98 Å². The van der Waals surface area contributed by atoms with Crippen molar-refractivity contribution >= 4 is 16.8 Å². The fourth-order valence-corrected chi connectivity index (χ4v) is 2.97. The number of fused-ring (bicyclic) bond motifs is 1. The van der Waals surface area contributed by atoms with Crippen molar-refractivity contribution in [2.45, 2.75) is 0 Å². The zero-order valence-electron chi connectivity index (χ0n) is 16.1. The first-order valence-corrected chi connectivity index (χ1v) is 8.42. The number of hydrogen-bond acceptors (Lipinski definition) is 5. The summed E-state index contributed by atoms with van der Waals surface area (Å²) in [5, 5.41) is 0.812. The van der Waals surface area contributed by atoms with E-state index in [1.807, 2.05) is 36.4 Å². The van der Waals surface area contributed by atoms with E-state index in [0.717, 1.165) is 16.5 Å². The molecule has 3 rings (SSSR count). The van der Waals surface area contributed by atoms with E-state index in [0.29, 0.717) is 28.5 Å². The summed E-state index contributed by atoms with van der Waals surface area (Å²) >= 11 is 0. The summed E-state index contributed by atoms with van der Waals surface area (Å²) in [7, 11) is 8.15. The Morgan fingerprint density at radius 2 is 1.56 bits per heavy atom. The Morgan fingerprint density at radius 1 is 0.926 bits per heavy atom. The largest absolute Gasteiger partial charge is 0.493 e. The average Bonchev–Trinajstić information content (AvgIpc) is 2.70. The third-order valence-electron chi connectivity index (χ3n) is 4.31. The normalized spacial score (nSPS) is 10.6. The van der Waals surface area contributed by atoms with Crippen molar-refractivity contribution < 1.29 is 19.0 Å². The summed E-state index contributed by atoms with van der Waals surface area (Å²) in [4.78, 5) is 19.0. The fraction of sp³-hybridized carbons (Fsp3) is 0.238. The minimum Gasteiger partial charge on any atom is -0.493 e. The molecule has 1 heterocycles. The van der Waals surface area contributed by atoms with Gasteiger partial charge >= 0.3 is 0 Å². The molecule has 0 aliphatic rings. The van der Waals surface area contributed by atoms with Gasteiger partial charge in [-0.3, -0.25) is 4.79 Å². The highest BCUT2D eigenvalue weighted by atomic mass is 16.5. The number of methoxy groups -OCH3 is 3. The lowest BCUT2D eigenvalue weighted by atomic mass is 10.0. The van der Waals surface area contributed by atoms with Crippen LogP contribution in [-0.2, 0) is 0 Å². The highest BCUT2D eigenvalue weighted by Crippen LogP contribution is 2.41. The van der Waals surface area contributed by atoms with E-state index in [-0.39, 0.29) is 5.91 Å². The highest BCUT2D eigenvalue weighted by Gasteiger charge is 2.18. The van der Waals surface area contributed by atoms with Crippen LogP contribution in [0.25, 0.3) is 22.2 Å². The molecule has 0 N–H and O–H groups in total. The lowest BCUT2D eigenvalue weighted by molar-refractivity contribution is 0.0829. The number of hydrogen-bond donors (Lipinski definition) is 0. The van der Waals surface area contributed by atoms with Gasteiger partial charge in [0.05, 0.1) is 38.1 Å². The quantitative estimate of drug-likeness (QED) is 0.690. The van der Waals surface area contributed by atoms with Gasteiger partial charge in [0.2, 0.25) is 5.75 Å². The Kier molecular flexibility index (Phi) is 5.16. The number of para-hydroxylation sites is 1. The van der Waals surface area contributed by atoms with Crippen LogP contribution in [0, 0.1) is 0 Å². The Bertz CT molecular complexity index is 974. The minimum absolute atomic E-state index is 0.0812. The average molecular weight is 366 g/mol. The molecule has 6 heteroatoms. The summed E-state index contributed by atoms with van der Waals surface area (Å²) in [6.45, 7) is 0. The molecule has 0 aliphatic carbocycles. The summed E-state index contributed by atoms with van der Waals surface area (Å²) in [5.74, 6) is 1.49. The Hall–Kier alpha value is -3.28. The van der Waals surface area contributed by atoms with Gasteiger partial charge in [-0.1, -0.05) is 18.2 Å². The Morgan fingerprint density at radius 3 is 2.11 bits per heavy atom. The van der Waals surface area contributed by atoms with Crippen molar-refractivity contribution in [3.05, 3.63) is 48.0 Å². The molecular formula is C21H22N2O4. The molecule has 0 saturated heterocycles. The van der Waals surface area contributed by atoms with Crippen LogP contribution in [0.3, 0.4) is 0 Å². The van der Waals surface area contributed by atoms with Gasteiger partial charge in [0.25, 0.3) is 5.91 Å². The molecule has 0 saturated carbocycles. The molecule has 0 spiro atoms. The summed E-state index contributed by atoms with van der Waals surface area (Å²) < 4.78 is 16.3. The van der Waals surface area contributed by atoms with Crippen LogP contribution in [0.1, 0.15) is 10.4 Å². The van der Waals surface area contributed by atoms with E-state index in [1.54, 1.807) is 46.4 Å². The lowest BCUT2D eigenvalue weighted by Crippen LogP contribution is -2.22. The van der Waals surface area contributed by atoms with Crippen molar-refractivity contribution in [2.24, 2.45) is 0 Å². The summed E-state index contributed by atoms with van der Waals surface area (Å²) in [6, 6.07) is 13.0. The number of pyridine rings is 1. The molecule has 140 valence electrons. The smallest absolute Gasteiger partial charge is 0.254 e. The molecule has 6 nitrogen and oxygen atoms in total. The van der Waals surface area contributed by atoms with E-state index in [1.165, 1.54) is 0 Å². The monoisotopic (exact) mass is 366 g/mol. The number of nitrogens with zero attached hydrogens (tertiary/aromatic N) is 2. The predicted octanol–water partition coefficient (Wildman–Crippen LogP) is 3.63. The van der Waals surface area contributed by atoms with E-state index in [2.05, 4.69) is 0 Å². The molecule has 3 aromatic rings. The van der Waals surface area contributed by atoms with E-state index in [9.17, 15) is 4.79 Å². The van der Waals surface area contributed by atoms with Crippen molar-refractivity contribution in [3.8, 4) is 28.5 Å². The molecular weight excluding hydrogens is 344 g/mol. The third kappa shape index (κ3) is 3.38. The lowest BCUT2D eigenvalue weighted by Gasteiger charge is -2.16. The maximum atomic E-state index is 12.7. The number of aromatic nitrogens is 1. The number of carbonyl (C=O) groups excluding carboxylic acids is 1. The van der Waals surface area contributed by atoms with E-state index in [4.69, 9.17) is 19.2 Å². The zero-order valence-corrected chi connectivity index (χ0v) is 16.1. The topological polar surface area (TPSA) is 60.9 Å². The maximum Gasteiger partial charge on any atom is 0.254 e. The summed E-state index contributed by atoms with van der Waals surface area (Å²) in [6.07, 6.45) is 0. The van der Waals surface area contributed by atoms with Crippen LogP contribution in [0.5, 0.6) is 17.2 Å². The van der Waals surface area contributed by atoms with Gasteiger partial charge in [-0.2, -0.15) is 0 Å². The van der Waals surface area contributed by atoms with Gasteiger partial charge in [0.15, 0.2) is 11.5 Å². The number of benzene rings is 2.